The number of hydrogen-bond donors (Lipinski definition) is 32. The number of carbonyl (C=O) groups is 19. The lowest BCUT2D eigenvalue weighted by molar-refractivity contribution is -0.148. The molecule has 1 aromatic rings. The van der Waals surface area contributed by atoms with Crippen LogP contribution in [0.1, 0.15) is 215 Å². The number of aliphatic hydroxyl groups excluding tert-OH is 1. The first-order chi connectivity index (χ1) is 66.9. The Bertz CT molecular complexity index is 4420. The molecule has 53 heteroatoms. The molecule has 17 atom stereocenters. The van der Waals surface area contributed by atoms with E-state index in [1.54, 1.807) is 41.5 Å². The van der Waals surface area contributed by atoms with Crippen LogP contribution in [0.5, 0.6) is 5.75 Å². The number of nitrogens with zero attached hydrogens (tertiary/aromatic N) is 2. The molecule has 17 amide bonds. The van der Waals surface area contributed by atoms with Crippen LogP contribution in [-0.4, -0.2) is 315 Å². The molecule has 52 nitrogen and oxygen atoms in total. The van der Waals surface area contributed by atoms with Crippen molar-refractivity contribution >= 4 is 143 Å². The number of carbonyl (C=O) groups excluding carboxylic acids is 17. The van der Waals surface area contributed by atoms with E-state index in [9.17, 15) is 102 Å². The van der Waals surface area contributed by atoms with E-state index in [0.29, 0.717) is 18.4 Å². The van der Waals surface area contributed by atoms with Crippen molar-refractivity contribution in [2.45, 2.75) is 318 Å². The van der Waals surface area contributed by atoms with E-state index in [2.05, 4.69) is 97.7 Å². The predicted octanol–water partition coefficient (Wildman–Crippen LogP) is -7.48. The maximum atomic E-state index is 15.2. The number of amides is 17. The zero-order valence-electron chi connectivity index (χ0n) is 81.9. The van der Waals surface area contributed by atoms with Gasteiger partial charge in [-0.2, -0.15) is 12.6 Å². The van der Waals surface area contributed by atoms with Gasteiger partial charge in [-0.1, -0.05) is 53.7 Å². The van der Waals surface area contributed by atoms with Gasteiger partial charge in [0.25, 0.3) is 0 Å². The van der Waals surface area contributed by atoms with E-state index in [1.807, 2.05) is 0 Å². The highest BCUT2D eigenvalue weighted by Gasteiger charge is 2.46. The number of aromatic hydroxyl groups is 1. The third-order valence-electron chi connectivity index (χ3n) is 23.2. The maximum absolute atomic E-state index is 15.2. The Kier molecular flexibility index (Phi) is 55.8. The third-order valence-corrected chi connectivity index (χ3v) is 23.6. The molecular formula is C89H153N29O23S. The quantitative estimate of drug-likeness (QED) is 0.0125. The summed E-state index contributed by atoms with van der Waals surface area (Å²) in [4.78, 5) is 269. The maximum Gasteiger partial charge on any atom is 0.326 e. The van der Waals surface area contributed by atoms with E-state index in [0.717, 1.165) is 6.92 Å². The first-order valence-electron chi connectivity index (χ1n) is 48.0. The Morgan fingerprint density at radius 3 is 1.09 bits per heavy atom. The molecule has 0 radical (unpaired) electrons. The second-order valence-electron chi connectivity index (χ2n) is 36.7. The van der Waals surface area contributed by atoms with Gasteiger partial charge in [-0.3, -0.25) is 103 Å². The minimum Gasteiger partial charge on any atom is -0.508 e. The van der Waals surface area contributed by atoms with Crippen molar-refractivity contribution in [3.05, 3.63) is 29.8 Å². The van der Waals surface area contributed by atoms with Crippen LogP contribution in [0.2, 0.25) is 0 Å². The SMILES string of the molecule is CC(C)C[C@H](NC(=O)[C@H](CCC(=O)O)NC(=O)[C@H](CC(C)C)NC(=O)[C@H](CCCCN)NC(=O)[C@H](CCCNC(=N)N)NC(=O)[C@@H]1CCCN1C(=O)[C@@H]1CCCN1C(=O)[C@H](CCCNC(=N)N)NC(=O)[C@@H](NC(=O)[C@H](CCCCN)NC(=O)[C@H](CCC(N)=O)NC(=O)[C@H](CC(C)C)NC(=O)[C@H](Cc1ccc(O)cc1)NC(=O)[C@@H](N)CS)[C@@H](C)O)C(=O)N[C@@H](CCCNC(=N)N)C(=O)N[C@@H](CCC(N)=O)C(=O)O. The monoisotopic (exact) mass is 2030 g/mol. The minimum absolute atomic E-state index is 0.0111. The number of likely N-dealkylation sites (tertiary alicyclic amines) is 2. The van der Waals surface area contributed by atoms with Gasteiger partial charge in [0.1, 0.15) is 96.4 Å². The van der Waals surface area contributed by atoms with Gasteiger partial charge in [0.2, 0.25) is 100 Å². The fourth-order valence-corrected chi connectivity index (χ4v) is 15.9. The van der Waals surface area contributed by atoms with E-state index < -0.39 is 277 Å². The zero-order valence-corrected chi connectivity index (χ0v) is 82.8. The van der Waals surface area contributed by atoms with Crippen LogP contribution in [0.25, 0.3) is 0 Å². The number of rotatable bonds is 68. The average molecular weight is 2030 g/mol. The smallest absolute Gasteiger partial charge is 0.326 e. The summed E-state index contributed by atoms with van der Waals surface area (Å²) >= 11 is 4.09. The number of carboxylic acid groups (broad SMARTS) is 2. The van der Waals surface area contributed by atoms with Crippen LogP contribution in [0, 0.1) is 34.0 Å². The fraction of sp³-hybridized carbons (Fsp3) is 0.685. The van der Waals surface area contributed by atoms with Gasteiger partial charge < -0.3 is 161 Å². The topological polar surface area (TPSA) is 884 Å². The lowest BCUT2D eigenvalue weighted by Crippen LogP contribution is -2.62. The predicted molar refractivity (Wildman–Crippen MR) is 523 cm³/mol. The lowest BCUT2D eigenvalue weighted by Gasteiger charge is -2.34. The van der Waals surface area contributed by atoms with Gasteiger partial charge in [-0.15, -0.1) is 0 Å². The molecule has 2 aliphatic rings. The van der Waals surface area contributed by atoms with Gasteiger partial charge in [-0.05, 0) is 197 Å². The highest BCUT2D eigenvalue weighted by atomic mass is 32.1. The van der Waals surface area contributed by atoms with Crippen LogP contribution >= 0.6 is 12.6 Å². The van der Waals surface area contributed by atoms with Crippen LogP contribution < -0.4 is 131 Å². The molecule has 0 aliphatic carbocycles. The van der Waals surface area contributed by atoms with Crippen LogP contribution in [0.15, 0.2) is 24.3 Å². The number of guanidine groups is 3. The molecule has 798 valence electrons. The summed E-state index contributed by atoms with van der Waals surface area (Å²) in [6.07, 6.45) is -4.59. The number of phenolic OH excluding ortho intramolecular Hbond substituents is 1. The number of phenols is 1. The summed E-state index contributed by atoms with van der Waals surface area (Å²) in [5.74, 6) is -21.4. The molecule has 0 aromatic heterocycles. The Morgan fingerprint density at radius 1 is 0.394 bits per heavy atom. The Labute approximate surface area is 830 Å². The van der Waals surface area contributed by atoms with Crippen molar-refractivity contribution in [3.8, 4) is 5.75 Å². The second kappa shape index (κ2) is 64.4. The van der Waals surface area contributed by atoms with Crippen LogP contribution in [0.4, 0.5) is 0 Å². The van der Waals surface area contributed by atoms with Gasteiger partial charge >= 0.3 is 11.9 Å². The second-order valence-corrected chi connectivity index (χ2v) is 37.1. The van der Waals surface area contributed by atoms with Crippen LogP contribution in [-0.2, 0) is 97.5 Å². The molecule has 0 spiro atoms. The van der Waals surface area contributed by atoms with E-state index in [-0.39, 0.29) is 185 Å². The first-order valence-corrected chi connectivity index (χ1v) is 48.6. The summed E-state index contributed by atoms with van der Waals surface area (Å²) in [5.41, 5.74) is 45.6. The Balaban J connectivity index is 2.01. The Morgan fingerprint density at radius 2 is 0.718 bits per heavy atom. The van der Waals surface area contributed by atoms with Crippen molar-refractivity contribution in [2.24, 2.45) is 63.6 Å². The largest absolute Gasteiger partial charge is 0.508 e. The fourth-order valence-electron chi connectivity index (χ4n) is 15.7. The summed E-state index contributed by atoms with van der Waals surface area (Å²) in [5, 5.41) is 105. The first kappa shape index (κ1) is 123. The summed E-state index contributed by atoms with van der Waals surface area (Å²) in [6, 6.07) is -18.4. The molecule has 2 fully saturated rings. The molecular weight excluding hydrogens is 1880 g/mol. The Hall–Kier alpha value is -13.1. The molecule has 2 heterocycles. The molecule has 0 bridgehead atoms. The molecule has 142 heavy (non-hydrogen) atoms. The number of thiol groups is 1. The van der Waals surface area contributed by atoms with Crippen molar-refractivity contribution in [3.63, 3.8) is 0 Å². The number of primary amides is 2. The highest BCUT2D eigenvalue weighted by Crippen LogP contribution is 2.28. The van der Waals surface area contributed by atoms with Crippen molar-refractivity contribution in [1.82, 2.24) is 94.9 Å². The highest BCUT2D eigenvalue weighted by molar-refractivity contribution is 7.80. The standard InChI is InChI=1S/C89H153N29O23S/c1-46(2)41-61(78(132)106-55(19-12-36-101-87(95)96)73(127)111-60(86(140)141)29-32-68(94)122)114-76(130)58(30-33-69(123)124)108-79(133)62(42-47(3)4)113-74(128)53(17-8-10-34-90)104-72(126)56(20-13-37-102-88(97)98)109-82(136)65-22-15-39-117(65)85(139)66-23-16-40-118(66)84(138)59(21-14-38-103-89(99)100)110-83(137)70(49(7)119)116-77(131)54(18-9-11-35-91)105-75(129)57(28-31-67(93)121)107-80(134)63(43-48(5)6)115-81(135)64(112-71(125)52(92)45-142)44-50-24-26-51(120)27-25-50/h24-27,46-49,52-66,70,119-120,142H,8-23,28-45,90-92H2,1-7H3,(H2,93,121)(H2,94,122)(H,104,126)(H,105,129)(H,106,132)(H,107,134)(H,108,133)(H,109,136)(H,110,137)(H,111,127)(H,112,125)(H,113,128)(H,114,130)(H,115,135)(H,116,131)(H,123,124)(H,140,141)(H4,95,96,101)(H4,97,98,102)(H4,99,100,103)/t49-,52+,53+,54+,55+,56+,57+,58+,59+,60+,61+,62+,63+,64+,65+,66+,70+/m1/s1. The van der Waals surface area contributed by atoms with Crippen molar-refractivity contribution < 1.29 is 112 Å². The lowest BCUT2D eigenvalue weighted by atomic mass is 9.99. The van der Waals surface area contributed by atoms with E-state index in [1.165, 1.54) is 34.1 Å². The van der Waals surface area contributed by atoms with Gasteiger partial charge in [-0.25, -0.2) is 4.79 Å². The number of aliphatic hydroxyl groups is 1. The third kappa shape index (κ3) is 46.1. The molecule has 0 saturated carbocycles. The normalized spacial score (nSPS) is 16.5. The van der Waals surface area contributed by atoms with Crippen LogP contribution in [0.3, 0.4) is 0 Å². The number of aliphatic carboxylic acids is 2. The summed E-state index contributed by atoms with van der Waals surface area (Å²) in [7, 11) is 0. The molecule has 1 aromatic carbocycles. The van der Waals surface area contributed by atoms with E-state index in [4.69, 9.17) is 62.1 Å². The van der Waals surface area contributed by atoms with Gasteiger partial charge in [0.15, 0.2) is 17.9 Å². The average Bonchev–Trinajstić information content (AvgIpc) is 1.64. The zero-order chi connectivity index (χ0) is 107. The van der Waals surface area contributed by atoms with Gasteiger partial charge in [0, 0.05) is 64.2 Å². The number of carboxylic acids is 2. The summed E-state index contributed by atoms with van der Waals surface area (Å²) < 4.78 is 0. The number of unbranched alkanes of at least 4 members (excludes halogenated alkanes) is 2. The van der Waals surface area contributed by atoms with Crippen molar-refractivity contribution in [1.29, 1.82) is 16.2 Å². The van der Waals surface area contributed by atoms with Crippen molar-refractivity contribution in [2.75, 3.05) is 51.6 Å². The number of nitrogens with two attached hydrogens (primary N) is 8. The minimum atomic E-state index is -1.90. The summed E-state index contributed by atoms with van der Waals surface area (Å²) in [6.45, 7) is 11.5. The molecule has 3 rings (SSSR count). The number of hydrogen-bond acceptors (Lipinski definition) is 28. The van der Waals surface area contributed by atoms with E-state index >= 15 is 9.59 Å². The molecule has 39 N–H and O–H groups in total. The molecule has 2 saturated heterocycles. The molecule has 0 unspecified atom stereocenters. The number of nitrogens with one attached hydrogen (secondary N) is 19. The number of benzene rings is 1. The molecule has 2 aliphatic heterocycles. The van der Waals surface area contributed by atoms with Gasteiger partial charge in [0.05, 0.1) is 12.1 Å².